The Bertz CT molecular complexity index is 1710. The van der Waals surface area contributed by atoms with Crippen molar-refractivity contribution in [1.82, 2.24) is 0 Å². The molecule has 0 saturated heterocycles. The molecule has 0 amide bonds. The molecule has 0 bridgehead atoms. The number of halogens is 2. The van der Waals surface area contributed by atoms with E-state index in [4.69, 9.17) is 17.0 Å². The first kappa shape index (κ1) is 31.3. The predicted octanol–water partition coefficient (Wildman–Crippen LogP) is 9.53. The van der Waals surface area contributed by atoms with Crippen molar-refractivity contribution in [2.45, 2.75) is 76.8 Å². The van der Waals surface area contributed by atoms with Crippen LogP contribution in [0.4, 0.5) is 0 Å². The van der Waals surface area contributed by atoms with Gasteiger partial charge in [-0.1, -0.05) is 0 Å². The number of allylic oxidation sites excluding steroid dienone is 1. The van der Waals surface area contributed by atoms with E-state index in [9.17, 15) is 0 Å². The summed E-state index contributed by atoms with van der Waals surface area (Å²) in [4.78, 5) is 0. The third-order valence-corrected chi connectivity index (χ3v) is 24.3. The summed E-state index contributed by atoms with van der Waals surface area (Å²) in [6, 6.07) is 27.8. The van der Waals surface area contributed by atoms with Gasteiger partial charge in [-0.3, -0.25) is 0 Å². The Kier molecular flexibility index (Phi) is 8.91. The minimum absolute atomic E-state index is 0.106. The van der Waals surface area contributed by atoms with Gasteiger partial charge in [-0.2, -0.15) is 0 Å². The van der Waals surface area contributed by atoms with Gasteiger partial charge >= 0.3 is 275 Å². The van der Waals surface area contributed by atoms with E-state index in [0.717, 1.165) is 12.8 Å². The van der Waals surface area contributed by atoms with Crippen molar-refractivity contribution in [2.75, 3.05) is 0 Å². The van der Waals surface area contributed by atoms with E-state index >= 15 is 0 Å². The molecule has 6 rings (SSSR count). The molecule has 4 heteroatoms. The molecule has 1 heterocycles. The van der Waals surface area contributed by atoms with Gasteiger partial charge in [-0.05, 0) is 0 Å². The topological polar surface area (TPSA) is 0 Å². The van der Waals surface area contributed by atoms with E-state index in [1.54, 1.807) is 0 Å². The first-order valence-electron chi connectivity index (χ1n) is 16.2. The second-order valence-electron chi connectivity index (χ2n) is 13.3. The number of hydrogen-bond acceptors (Lipinski definition) is 0. The summed E-state index contributed by atoms with van der Waals surface area (Å²) >= 11 is -4.04. The number of fused-ring (bicyclic) bond motifs is 4. The molecule has 4 aromatic carbocycles. The summed E-state index contributed by atoms with van der Waals surface area (Å²) in [6.07, 6.45) is 4.59. The standard InChI is InChI=1S/C27H35.C12H9Si.2ClH.Zr/c1-8-19(7)24-12-21-11-10-20(9-2)27(26(21)16-24)25-14-22(17(3)4)13-23(15-25)18(5)6;1-3-7-11-9(5-1)10-6-2-4-8-12(10)13-11;;;/h10-19H,8-9H2,1-7H3;1-7H,13H2;2*1H;/q;;;;+2/p-2. The molecule has 0 saturated carbocycles. The zero-order valence-electron chi connectivity index (χ0n) is 26.7. The summed E-state index contributed by atoms with van der Waals surface area (Å²) in [5.41, 5.74) is 13.9. The zero-order valence-corrected chi connectivity index (χ0v) is 32.1. The fourth-order valence-electron chi connectivity index (χ4n) is 7.33. The normalized spacial score (nSPS) is 16.9. The van der Waals surface area contributed by atoms with Crippen molar-refractivity contribution in [3.63, 3.8) is 0 Å². The van der Waals surface area contributed by atoms with Crippen LogP contribution in [0.3, 0.4) is 0 Å². The van der Waals surface area contributed by atoms with Gasteiger partial charge < -0.3 is 0 Å². The molecule has 1 aliphatic heterocycles. The second kappa shape index (κ2) is 12.2. The summed E-state index contributed by atoms with van der Waals surface area (Å²) in [6.45, 7) is 16.2. The molecule has 2 unspecified atom stereocenters. The Hall–Kier alpha value is -1.70. The van der Waals surface area contributed by atoms with Crippen molar-refractivity contribution < 1.29 is 17.9 Å². The molecule has 222 valence electrons. The molecular weight excluding hydrogens is 659 g/mol. The third-order valence-electron chi connectivity index (χ3n) is 10.1. The first-order chi connectivity index (χ1) is 20.6. The molecule has 2 aliphatic rings. The molecule has 0 N–H and O–H groups in total. The van der Waals surface area contributed by atoms with E-state index < -0.39 is 27.4 Å². The van der Waals surface area contributed by atoms with Crippen LogP contribution in [0, 0.1) is 5.92 Å². The predicted molar refractivity (Wildman–Crippen MR) is 191 cm³/mol. The summed E-state index contributed by atoms with van der Waals surface area (Å²) < 4.78 is 1.42. The van der Waals surface area contributed by atoms with Crippen LogP contribution in [0.15, 0.2) is 78.4 Å². The zero-order chi connectivity index (χ0) is 30.6. The van der Waals surface area contributed by atoms with E-state index in [1.165, 1.54) is 69.3 Å². The summed E-state index contributed by atoms with van der Waals surface area (Å²) in [5.74, 6) is 1.37. The van der Waals surface area contributed by atoms with Crippen molar-refractivity contribution in [3.05, 3.63) is 106 Å². The van der Waals surface area contributed by atoms with Crippen molar-refractivity contribution in [3.8, 4) is 22.3 Å². The van der Waals surface area contributed by atoms with Gasteiger partial charge in [0, 0.05) is 0 Å². The van der Waals surface area contributed by atoms with Gasteiger partial charge in [0.15, 0.2) is 0 Å². The molecule has 0 nitrogen and oxygen atoms in total. The fourth-order valence-corrected chi connectivity index (χ4v) is 24.3. The molecule has 2 atom stereocenters. The Labute approximate surface area is 273 Å². The number of hydrogen-bond donors (Lipinski definition) is 0. The number of aryl methyl sites for hydroxylation is 1. The molecular formula is C39H44Cl2SiZr. The molecule has 0 radical (unpaired) electrons. The van der Waals surface area contributed by atoms with Crippen molar-refractivity contribution in [1.29, 1.82) is 0 Å². The number of benzene rings is 4. The summed E-state index contributed by atoms with van der Waals surface area (Å²) in [5, 5.41) is 3.02. The summed E-state index contributed by atoms with van der Waals surface area (Å²) in [7, 11) is 15.3. The Morgan fingerprint density at radius 2 is 1.47 bits per heavy atom. The van der Waals surface area contributed by atoms with E-state index in [0.29, 0.717) is 17.8 Å². The van der Waals surface area contributed by atoms with Gasteiger partial charge in [0.25, 0.3) is 0 Å². The molecule has 1 aliphatic carbocycles. The van der Waals surface area contributed by atoms with Crippen LogP contribution in [0.5, 0.6) is 0 Å². The second-order valence-corrected chi connectivity index (χ2v) is 29.2. The van der Waals surface area contributed by atoms with E-state index in [-0.39, 0.29) is 3.63 Å². The molecule has 43 heavy (non-hydrogen) atoms. The third kappa shape index (κ3) is 5.43. The van der Waals surface area contributed by atoms with Gasteiger partial charge in [0.2, 0.25) is 0 Å². The van der Waals surface area contributed by atoms with Crippen LogP contribution in [-0.4, -0.2) is 9.52 Å². The fraction of sp³-hybridized carbons (Fsp3) is 0.333. The van der Waals surface area contributed by atoms with E-state index in [2.05, 4.69) is 127 Å². The first-order valence-corrected chi connectivity index (χ1v) is 26.6. The van der Waals surface area contributed by atoms with Crippen molar-refractivity contribution in [2.24, 2.45) is 5.92 Å². The molecule has 0 aromatic heterocycles. The van der Waals surface area contributed by atoms with Crippen LogP contribution in [0.1, 0.15) is 98.2 Å². The van der Waals surface area contributed by atoms with E-state index in [1.807, 2.05) is 0 Å². The maximum atomic E-state index is 7.98. The van der Waals surface area contributed by atoms with Gasteiger partial charge in [-0.25, -0.2) is 0 Å². The van der Waals surface area contributed by atoms with Gasteiger partial charge in [0.1, 0.15) is 0 Å². The molecule has 4 aromatic rings. The van der Waals surface area contributed by atoms with Gasteiger partial charge in [0.05, 0.1) is 0 Å². The monoisotopic (exact) mass is 700 g/mol. The van der Waals surface area contributed by atoms with Crippen LogP contribution >= 0.6 is 17.0 Å². The molecule has 0 fully saturated rings. The maximum absolute atomic E-state index is 7.98. The average Bonchev–Trinajstić information content (AvgIpc) is 3.59. The van der Waals surface area contributed by atoms with Crippen LogP contribution in [0.25, 0.3) is 28.3 Å². The Balaban J connectivity index is 1.57. The quantitative estimate of drug-likeness (QED) is 0.141. The average molecular weight is 703 g/mol. The molecule has 0 spiro atoms. The minimum atomic E-state index is -4.04. The van der Waals surface area contributed by atoms with Crippen LogP contribution in [0.2, 0.25) is 0 Å². The Morgan fingerprint density at radius 1 is 0.791 bits per heavy atom. The van der Waals surface area contributed by atoms with Crippen molar-refractivity contribution >= 4 is 46.3 Å². The number of rotatable bonds is 8. The SMILES string of the molecule is CCc1ccc2c(c1-c1cc(C(C)C)cc(C(C)C)c1)C=C(C(C)CC)[CH]2[Zr]([Cl])([Cl])[c]1cccc2c1[SiH2]c1ccccc1-2. The van der Waals surface area contributed by atoms with Gasteiger partial charge in [-0.15, -0.1) is 0 Å². The van der Waals surface area contributed by atoms with Crippen LogP contribution in [-0.2, 0) is 24.3 Å². The van der Waals surface area contributed by atoms with Crippen LogP contribution < -0.4 is 13.6 Å². The Morgan fingerprint density at radius 3 is 2.12 bits per heavy atom.